The molecule has 1 aromatic rings. The highest BCUT2D eigenvalue weighted by atomic mass is 16.5. The van der Waals surface area contributed by atoms with Gasteiger partial charge in [-0.1, -0.05) is 12.8 Å². The van der Waals surface area contributed by atoms with Gasteiger partial charge in [0.2, 0.25) is 5.91 Å². The van der Waals surface area contributed by atoms with Crippen molar-refractivity contribution in [2.75, 3.05) is 26.3 Å². The molecule has 4 rings (SSSR count). The highest BCUT2D eigenvalue weighted by molar-refractivity contribution is 5.87. The van der Waals surface area contributed by atoms with E-state index in [2.05, 4.69) is 16.3 Å². The molecule has 0 spiro atoms. The summed E-state index contributed by atoms with van der Waals surface area (Å²) in [6, 6.07) is 9.10. The van der Waals surface area contributed by atoms with Crippen LogP contribution in [-0.4, -0.2) is 54.8 Å². The predicted molar refractivity (Wildman–Crippen MR) is 105 cm³/mol. The zero-order valence-electron chi connectivity index (χ0n) is 16.4. The van der Waals surface area contributed by atoms with Gasteiger partial charge in [-0.05, 0) is 63.0 Å². The third kappa shape index (κ3) is 3.87. The molecule has 0 radical (unpaired) electrons. The quantitative estimate of drug-likeness (QED) is 0.846. The zero-order valence-corrected chi connectivity index (χ0v) is 16.4. The van der Waals surface area contributed by atoms with Crippen LogP contribution in [0.25, 0.3) is 0 Å². The average Bonchev–Trinajstić information content (AvgIpc) is 3.42. The van der Waals surface area contributed by atoms with E-state index < -0.39 is 0 Å². The van der Waals surface area contributed by atoms with Crippen molar-refractivity contribution in [1.82, 2.24) is 10.2 Å². The second kappa shape index (κ2) is 8.50. The van der Waals surface area contributed by atoms with Gasteiger partial charge in [-0.3, -0.25) is 9.69 Å². The molecule has 0 bridgehead atoms. The van der Waals surface area contributed by atoms with Crippen LogP contribution in [0, 0.1) is 11.3 Å². The van der Waals surface area contributed by atoms with Gasteiger partial charge in [0, 0.05) is 6.42 Å². The fourth-order valence-corrected chi connectivity index (χ4v) is 4.87. The molecular weight excluding hydrogens is 354 g/mol. The Labute approximate surface area is 166 Å². The molecule has 2 aliphatic heterocycles. The summed E-state index contributed by atoms with van der Waals surface area (Å²) >= 11 is 0. The largest absolute Gasteiger partial charge is 0.488 e. The highest BCUT2D eigenvalue weighted by Crippen LogP contribution is 2.38. The number of nitrogens with one attached hydrogen (secondary N) is 1. The summed E-state index contributed by atoms with van der Waals surface area (Å²) in [5, 5.41) is 12.2. The standard InChI is InChI=1S/C22H29N3O3/c23-15-17-5-7-18(8-6-17)28-20-9-14-27-16-19(20)24-21(26)22(10-1-2-11-22)25-12-3-4-13-25/h5-8,19-20H,1-4,9-14,16H2,(H,24,26)/t19-,20-/m1/s1. The molecule has 6 nitrogen and oxygen atoms in total. The molecule has 1 amide bonds. The van der Waals surface area contributed by atoms with Crippen LogP contribution in [-0.2, 0) is 9.53 Å². The Morgan fingerprint density at radius 2 is 1.89 bits per heavy atom. The Balaban J connectivity index is 1.45. The van der Waals surface area contributed by atoms with Crippen LogP contribution in [0.2, 0.25) is 0 Å². The maximum absolute atomic E-state index is 13.4. The molecule has 1 saturated carbocycles. The van der Waals surface area contributed by atoms with E-state index in [4.69, 9.17) is 14.7 Å². The summed E-state index contributed by atoms with van der Waals surface area (Å²) in [5.41, 5.74) is 0.269. The molecule has 1 aromatic carbocycles. The van der Waals surface area contributed by atoms with Crippen molar-refractivity contribution in [2.45, 2.75) is 62.6 Å². The molecule has 6 heteroatoms. The van der Waals surface area contributed by atoms with Crippen LogP contribution in [0.5, 0.6) is 5.75 Å². The minimum absolute atomic E-state index is 0.123. The van der Waals surface area contributed by atoms with Gasteiger partial charge in [-0.15, -0.1) is 0 Å². The third-order valence-electron chi connectivity index (χ3n) is 6.45. The summed E-state index contributed by atoms with van der Waals surface area (Å²) in [4.78, 5) is 15.8. The fraction of sp³-hybridized carbons (Fsp3) is 0.636. The minimum atomic E-state index is -0.340. The maximum atomic E-state index is 13.4. The first kappa shape index (κ1) is 19.2. The molecule has 28 heavy (non-hydrogen) atoms. The van der Waals surface area contributed by atoms with E-state index in [1.807, 2.05) is 12.1 Å². The van der Waals surface area contributed by atoms with Gasteiger partial charge < -0.3 is 14.8 Å². The molecule has 150 valence electrons. The molecule has 2 atom stereocenters. The number of rotatable bonds is 5. The van der Waals surface area contributed by atoms with Crippen molar-refractivity contribution in [3.63, 3.8) is 0 Å². The fourth-order valence-electron chi connectivity index (χ4n) is 4.87. The van der Waals surface area contributed by atoms with E-state index in [1.54, 1.807) is 12.1 Å². The van der Waals surface area contributed by atoms with Crippen molar-refractivity contribution in [3.05, 3.63) is 29.8 Å². The van der Waals surface area contributed by atoms with Gasteiger partial charge in [-0.25, -0.2) is 0 Å². The van der Waals surface area contributed by atoms with Gasteiger partial charge >= 0.3 is 0 Å². The molecule has 2 saturated heterocycles. The van der Waals surface area contributed by atoms with Crippen molar-refractivity contribution in [2.24, 2.45) is 0 Å². The van der Waals surface area contributed by atoms with E-state index in [0.29, 0.717) is 18.8 Å². The second-order valence-electron chi connectivity index (χ2n) is 8.17. The number of nitrogens with zero attached hydrogens (tertiary/aromatic N) is 2. The van der Waals surface area contributed by atoms with Crippen molar-refractivity contribution >= 4 is 5.91 Å². The molecule has 0 aromatic heterocycles. The maximum Gasteiger partial charge on any atom is 0.240 e. The van der Waals surface area contributed by atoms with Crippen LogP contribution >= 0.6 is 0 Å². The Morgan fingerprint density at radius 1 is 1.18 bits per heavy atom. The zero-order chi connectivity index (χ0) is 19.4. The topological polar surface area (TPSA) is 74.6 Å². The van der Waals surface area contributed by atoms with Crippen LogP contribution in [0.3, 0.4) is 0 Å². The molecule has 3 aliphatic rings. The first-order chi connectivity index (χ1) is 13.7. The Morgan fingerprint density at radius 3 is 2.57 bits per heavy atom. The first-order valence-electron chi connectivity index (χ1n) is 10.5. The number of hydrogen-bond donors (Lipinski definition) is 1. The predicted octanol–water partition coefficient (Wildman–Crippen LogP) is 2.62. The Hall–Kier alpha value is -2.10. The van der Waals surface area contributed by atoms with E-state index in [0.717, 1.165) is 50.9 Å². The smallest absolute Gasteiger partial charge is 0.240 e. The van der Waals surface area contributed by atoms with Crippen LogP contribution in [0.4, 0.5) is 0 Å². The minimum Gasteiger partial charge on any atom is -0.488 e. The normalized spacial score (nSPS) is 27.2. The number of likely N-dealkylation sites (tertiary alicyclic amines) is 1. The van der Waals surface area contributed by atoms with Crippen molar-refractivity contribution in [3.8, 4) is 11.8 Å². The lowest BCUT2D eigenvalue weighted by Crippen LogP contribution is -2.61. The molecule has 1 N–H and O–H groups in total. The summed E-state index contributed by atoms with van der Waals surface area (Å²) in [6.45, 7) is 3.16. The number of amides is 1. The number of nitriles is 1. The van der Waals surface area contributed by atoms with Gasteiger partial charge in [0.15, 0.2) is 0 Å². The first-order valence-corrected chi connectivity index (χ1v) is 10.5. The van der Waals surface area contributed by atoms with Gasteiger partial charge in [0.05, 0.1) is 30.9 Å². The second-order valence-corrected chi connectivity index (χ2v) is 8.17. The van der Waals surface area contributed by atoms with Crippen molar-refractivity contribution in [1.29, 1.82) is 5.26 Å². The summed E-state index contributed by atoms with van der Waals surface area (Å²) < 4.78 is 11.8. The van der Waals surface area contributed by atoms with Crippen molar-refractivity contribution < 1.29 is 14.3 Å². The number of hydrogen-bond acceptors (Lipinski definition) is 5. The lowest BCUT2D eigenvalue weighted by Gasteiger charge is -2.40. The average molecular weight is 383 g/mol. The summed E-state index contributed by atoms with van der Waals surface area (Å²) in [5.74, 6) is 0.871. The molecular formula is C22H29N3O3. The van der Waals surface area contributed by atoms with Crippen LogP contribution in [0.1, 0.15) is 50.5 Å². The van der Waals surface area contributed by atoms with Gasteiger partial charge in [-0.2, -0.15) is 5.26 Å². The summed E-state index contributed by atoms with van der Waals surface area (Å²) in [7, 11) is 0. The lowest BCUT2D eigenvalue weighted by atomic mass is 9.93. The van der Waals surface area contributed by atoms with E-state index in [9.17, 15) is 4.79 Å². The van der Waals surface area contributed by atoms with E-state index >= 15 is 0 Å². The third-order valence-corrected chi connectivity index (χ3v) is 6.45. The molecule has 3 fully saturated rings. The highest BCUT2D eigenvalue weighted by Gasteiger charge is 2.48. The molecule has 2 heterocycles. The Bertz CT molecular complexity index is 716. The number of carbonyl (C=O) groups is 1. The molecule has 1 aliphatic carbocycles. The summed E-state index contributed by atoms with van der Waals surface area (Å²) in [6.07, 6.45) is 7.13. The number of benzene rings is 1. The number of carbonyl (C=O) groups excluding carboxylic acids is 1. The monoisotopic (exact) mass is 383 g/mol. The SMILES string of the molecule is N#Cc1ccc(O[C@@H]2CCOC[C@H]2NC(=O)C2(N3CCCC3)CCCC2)cc1. The number of ether oxygens (including phenoxy) is 2. The van der Waals surface area contributed by atoms with E-state index in [1.165, 1.54) is 12.8 Å². The van der Waals surface area contributed by atoms with E-state index in [-0.39, 0.29) is 23.6 Å². The van der Waals surface area contributed by atoms with Gasteiger partial charge in [0.25, 0.3) is 0 Å². The van der Waals surface area contributed by atoms with Crippen LogP contribution in [0.15, 0.2) is 24.3 Å². The van der Waals surface area contributed by atoms with Crippen LogP contribution < -0.4 is 10.1 Å². The van der Waals surface area contributed by atoms with Gasteiger partial charge in [0.1, 0.15) is 17.4 Å². The lowest BCUT2D eigenvalue weighted by molar-refractivity contribution is -0.136. The Kier molecular flexibility index (Phi) is 5.84. The molecule has 0 unspecified atom stereocenters.